The van der Waals surface area contributed by atoms with Crippen molar-refractivity contribution in [1.82, 2.24) is 29.8 Å². The second-order valence-electron chi connectivity index (χ2n) is 13.3. The average Bonchev–Trinajstić information content (AvgIpc) is 3.83. The lowest BCUT2D eigenvalue weighted by Crippen LogP contribution is -2.39. The first-order valence-electron chi connectivity index (χ1n) is 17.8. The highest BCUT2D eigenvalue weighted by molar-refractivity contribution is 5.81. The molecule has 1 unspecified atom stereocenters. The number of carbonyl (C=O) groups is 1. The van der Waals surface area contributed by atoms with Crippen molar-refractivity contribution in [3.8, 4) is 22.5 Å². The summed E-state index contributed by atoms with van der Waals surface area (Å²) in [4.78, 5) is 17.2. The van der Waals surface area contributed by atoms with Crippen LogP contribution < -0.4 is 0 Å². The molecular weight excluding hydrogens is 645 g/mol. The molecule has 0 bridgehead atoms. The van der Waals surface area contributed by atoms with Gasteiger partial charge in [0, 0.05) is 18.5 Å². The summed E-state index contributed by atoms with van der Waals surface area (Å²) in [5, 5.41) is 24.8. The van der Waals surface area contributed by atoms with Crippen molar-refractivity contribution < 1.29 is 9.90 Å². The van der Waals surface area contributed by atoms with Crippen LogP contribution in [0.4, 0.5) is 0 Å². The maximum atomic E-state index is 12.4. The Balaban J connectivity index is 1.33. The van der Waals surface area contributed by atoms with E-state index in [-0.39, 0.29) is 0 Å². The molecule has 0 saturated carbocycles. The normalized spacial score (nSPS) is 12.8. The number of hydrogen-bond donors (Lipinski definition) is 1. The molecule has 7 aromatic rings. The van der Waals surface area contributed by atoms with E-state index in [4.69, 9.17) is 15.3 Å². The van der Waals surface area contributed by atoms with Crippen LogP contribution in [0.1, 0.15) is 77.9 Å². The number of aliphatic hydroxyl groups is 1. The topological polar surface area (TPSA) is 98.7 Å². The van der Waals surface area contributed by atoms with Crippen LogP contribution in [0, 0.1) is 0 Å². The van der Waals surface area contributed by atoms with E-state index >= 15 is 0 Å². The smallest absolute Gasteiger partial charge is 0.184 e. The van der Waals surface area contributed by atoms with Crippen LogP contribution in [0.5, 0.6) is 0 Å². The van der Waals surface area contributed by atoms with Crippen LogP contribution >= 0.6 is 0 Å². The summed E-state index contributed by atoms with van der Waals surface area (Å²) in [6.45, 7) is 6.16. The standard InChI is InChI=1S/C44H42N6O2/c1-4-17-40-45-41(43(3,52)5-2)39(31-51)49(40)30-32-26-28-33(29-27-32)37-24-15-16-25-38(37)42-46-47-48-50(42)44(34-18-9-6-10-19-34,35-20-11-7-12-21-35)36-22-13-8-14-23-36/h6-16,18-29,31,52H,4-5,17,30H2,1-3H3. The Morgan fingerprint density at radius 2 is 1.25 bits per heavy atom. The van der Waals surface area contributed by atoms with Gasteiger partial charge in [-0.2, -0.15) is 0 Å². The van der Waals surface area contributed by atoms with Crippen LogP contribution in [0.2, 0.25) is 0 Å². The minimum Gasteiger partial charge on any atom is -0.384 e. The molecule has 0 radical (unpaired) electrons. The second-order valence-corrected chi connectivity index (χ2v) is 13.3. The highest BCUT2D eigenvalue weighted by atomic mass is 16.3. The fourth-order valence-corrected chi connectivity index (χ4v) is 7.18. The molecule has 1 atom stereocenters. The summed E-state index contributed by atoms with van der Waals surface area (Å²) < 4.78 is 3.90. The molecule has 0 aliphatic heterocycles. The van der Waals surface area contributed by atoms with E-state index in [1.54, 1.807) is 6.92 Å². The fraction of sp³-hybridized carbons (Fsp3) is 0.205. The van der Waals surface area contributed by atoms with Crippen LogP contribution in [0.3, 0.4) is 0 Å². The van der Waals surface area contributed by atoms with Gasteiger partial charge in [0.05, 0.1) is 0 Å². The van der Waals surface area contributed by atoms with Crippen molar-refractivity contribution in [2.24, 2.45) is 0 Å². The summed E-state index contributed by atoms with van der Waals surface area (Å²) in [5.41, 5.74) is 5.79. The van der Waals surface area contributed by atoms with E-state index in [9.17, 15) is 9.90 Å². The van der Waals surface area contributed by atoms with Gasteiger partial charge in [0.15, 0.2) is 12.1 Å². The van der Waals surface area contributed by atoms with Gasteiger partial charge in [0.25, 0.3) is 0 Å². The lowest BCUT2D eigenvalue weighted by Gasteiger charge is -2.36. The average molecular weight is 687 g/mol. The third kappa shape index (κ3) is 6.15. The van der Waals surface area contributed by atoms with Crippen molar-refractivity contribution in [2.75, 3.05) is 0 Å². The van der Waals surface area contributed by atoms with Crippen molar-refractivity contribution in [3.05, 3.63) is 179 Å². The van der Waals surface area contributed by atoms with Gasteiger partial charge in [-0.1, -0.05) is 153 Å². The number of rotatable bonds is 13. The van der Waals surface area contributed by atoms with Gasteiger partial charge >= 0.3 is 0 Å². The summed E-state index contributed by atoms with van der Waals surface area (Å²) in [6, 6.07) is 47.7. The third-order valence-corrected chi connectivity index (χ3v) is 10.0. The summed E-state index contributed by atoms with van der Waals surface area (Å²) in [6.07, 6.45) is 2.85. The molecule has 2 aromatic heterocycles. The zero-order chi connectivity index (χ0) is 36.1. The molecule has 2 heterocycles. The molecule has 260 valence electrons. The molecule has 52 heavy (non-hydrogen) atoms. The van der Waals surface area contributed by atoms with Gasteiger partial charge < -0.3 is 9.67 Å². The Morgan fingerprint density at radius 1 is 0.712 bits per heavy atom. The Morgan fingerprint density at radius 3 is 1.77 bits per heavy atom. The van der Waals surface area contributed by atoms with Crippen LogP contribution in [0.25, 0.3) is 22.5 Å². The third-order valence-electron chi connectivity index (χ3n) is 10.0. The predicted molar refractivity (Wildman–Crippen MR) is 204 cm³/mol. The SMILES string of the molecule is CCCc1nc(C(C)(O)CC)c(C=O)n1Cc1ccc(-c2ccccc2-c2nnnn2C(c2ccccc2)(c2ccccc2)c2ccccc2)cc1. The number of aromatic nitrogens is 6. The molecule has 7 rings (SSSR count). The maximum absolute atomic E-state index is 12.4. The molecule has 1 N–H and O–H groups in total. The van der Waals surface area contributed by atoms with Gasteiger partial charge in [0.2, 0.25) is 0 Å². The van der Waals surface area contributed by atoms with Gasteiger partial charge in [-0.25, -0.2) is 9.67 Å². The largest absolute Gasteiger partial charge is 0.384 e. The maximum Gasteiger partial charge on any atom is 0.184 e. The minimum atomic E-state index is -1.19. The van der Waals surface area contributed by atoms with Gasteiger partial charge in [-0.05, 0) is 63.6 Å². The highest BCUT2D eigenvalue weighted by Crippen LogP contribution is 2.43. The van der Waals surface area contributed by atoms with Crippen LogP contribution in [-0.4, -0.2) is 41.2 Å². The van der Waals surface area contributed by atoms with Gasteiger partial charge in [0.1, 0.15) is 28.4 Å². The van der Waals surface area contributed by atoms with Crippen LogP contribution in [0.15, 0.2) is 140 Å². The van der Waals surface area contributed by atoms with E-state index in [1.165, 1.54) is 0 Å². The lowest BCUT2D eigenvalue weighted by atomic mass is 9.77. The van der Waals surface area contributed by atoms with E-state index < -0.39 is 11.1 Å². The molecule has 0 fully saturated rings. The first kappa shape index (κ1) is 34.5. The highest BCUT2D eigenvalue weighted by Gasteiger charge is 2.42. The number of hydrogen-bond acceptors (Lipinski definition) is 6. The number of aryl methyl sites for hydroxylation is 1. The van der Waals surface area contributed by atoms with Crippen molar-refractivity contribution >= 4 is 6.29 Å². The molecule has 0 saturated heterocycles. The van der Waals surface area contributed by atoms with E-state index in [0.717, 1.165) is 57.5 Å². The summed E-state index contributed by atoms with van der Waals surface area (Å²) in [7, 11) is 0. The zero-order valence-corrected chi connectivity index (χ0v) is 29.7. The Kier molecular flexibility index (Phi) is 9.74. The molecule has 8 heteroatoms. The van der Waals surface area contributed by atoms with Crippen molar-refractivity contribution in [3.63, 3.8) is 0 Å². The molecular formula is C44H42N6O2. The lowest BCUT2D eigenvalue weighted by molar-refractivity contribution is 0.0477. The monoisotopic (exact) mass is 686 g/mol. The predicted octanol–water partition coefficient (Wildman–Crippen LogP) is 8.47. The number of imidazole rings is 1. The minimum absolute atomic E-state index is 0.426. The Bertz CT molecular complexity index is 2160. The summed E-state index contributed by atoms with van der Waals surface area (Å²) >= 11 is 0. The number of aldehydes is 1. The quantitative estimate of drug-likeness (QED) is 0.0966. The molecule has 0 aliphatic carbocycles. The van der Waals surface area contributed by atoms with Crippen LogP contribution in [-0.2, 0) is 24.1 Å². The van der Waals surface area contributed by atoms with E-state index in [2.05, 4.69) is 121 Å². The Hall–Kier alpha value is -5.99. The molecule has 0 amide bonds. The molecule has 8 nitrogen and oxygen atoms in total. The zero-order valence-electron chi connectivity index (χ0n) is 29.7. The molecule has 0 spiro atoms. The first-order valence-corrected chi connectivity index (χ1v) is 17.8. The number of tetrazole rings is 1. The number of benzene rings is 5. The summed E-state index contributed by atoms with van der Waals surface area (Å²) in [5.74, 6) is 1.43. The number of nitrogens with zero attached hydrogens (tertiary/aromatic N) is 6. The van der Waals surface area contributed by atoms with E-state index in [1.807, 2.05) is 46.5 Å². The number of carbonyl (C=O) groups excluding carboxylic acids is 1. The Labute approximate surface area is 304 Å². The van der Waals surface area contributed by atoms with Gasteiger partial charge in [-0.3, -0.25) is 4.79 Å². The molecule has 0 aliphatic rings. The molecule has 5 aromatic carbocycles. The van der Waals surface area contributed by atoms with Crippen molar-refractivity contribution in [1.29, 1.82) is 0 Å². The first-order chi connectivity index (χ1) is 25.4. The second kappa shape index (κ2) is 14.7. The van der Waals surface area contributed by atoms with Crippen molar-refractivity contribution in [2.45, 2.75) is 57.7 Å². The van der Waals surface area contributed by atoms with Gasteiger partial charge in [-0.15, -0.1) is 5.10 Å². The van der Waals surface area contributed by atoms with E-state index in [0.29, 0.717) is 36.6 Å². The fourth-order valence-electron chi connectivity index (χ4n) is 7.18.